The number of carbonyl (C=O) groups excluding carboxylic acids is 1. The molecule has 4 N–H and O–H groups in total. The molecule has 0 radical (unpaired) electrons. The van der Waals surface area contributed by atoms with Gasteiger partial charge in [-0.15, -0.1) is 0 Å². The summed E-state index contributed by atoms with van der Waals surface area (Å²) in [4.78, 5) is 32.7. The molecule has 8 heteroatoms. The van der Waals surface area contributed by atoms with Crippen LogP contribution in [0, 0.1) is 0 Å². The fraction of sp³-hybridized carbons (Fsp3) is 0.615. The maximum absolute atomic E-state index is 12.8. The van der Waals surface area contributed by atoms with E-state index >= 15 is 0 Å². The molecule has 2 aliphatic rings. The number of imidazole rings is 1. The second kappa shape index (κ2) is 5.12. The van der Waals surface area contributed by atoms with Gasteiger partial charge in [0.15, 0.2) is 0 Å². The van der Waals surface area contributed by atoms with Crippen LogP contribution in [0.25, 0.3) is 0 Å². The second-order valence-electron chi connectivity index (χ2n) is 5.59. The number of H-pyrrole nitrogens is 1. The Bertz CT molecular complexity index is 564. The first-order chi connectivity index (χ1) is 10.0. The van der Waals surface area contributed by atoms with Gasteiger partial charge in [-0.25, -0.2) is 9.78 Å². The van der Waals surface area contributed by atoms with Crippen molar-refractivity contribution in [1.29, 1.82) is 0 Å². The monoisotopic (exact) mass is 294 g/mol. The van der Waals surface area contributed by atoms with Crippen LogP contribution in [0.5, 0.6) is 0 Å². The number of nitrogens with zero attached hydrogens (tertiary/aromatic N) is 2. The molecule has 0 spiro atoms. The van der Waals surface area contributed by atoms with E-state index < -0.39 is 17.6 Å². The second-order valence-corrected chi connectivity index (χ2v) is 5.59. The summed E-state index contributed by atoms with van der Waals surface area (Å²) in [6.07, 6.45) is 2.53. The quantitative estimate of drug-likeness (QED) is 0.660. The molecule has 1 aromatic rings. The van der Waals surface area contributed by atoms with Crippen LogP contribution in [0.4, 0.5) is 0 Å². The number of carboxylic acid groups (broad SMARTS) is 1. The summed E-state index contributed by atoms with van der Waals surface area (Å²) >= 11 is 0. The molecule has 0 saturated carbocycles. The number of rotatable bonds is 2. The summed E-state index contributed by atoms with van der Waals surface area (Å²) in [6.45, 7) is 1.04. The van der Waals surface area contributed by atoms with Crippen molar-refractivity contribution in [3.63, 3.8) is 0 Å². The van der Waals surface area contributed by atoms with Crippen molar-refractivity contribution in [2.24, 2.45) is 5.73 Å². The Morgan fingerprint density at radius 1 is 1.48 bits per heavy atom. The lowest BCUT2D eigenvalue weighted by Gasteiger charge is -2.40. The predicted octanol–water partition coefficient (Wildman–Crippen LogP) is -0.744. The minimum Gasteiger partial charge on any atom is -0.480 e. The number of aromatic nitrogens is 2. The summed E-state index contributed by atoms with van der Waals surface area (Å²) in [7, 11) is 0. The minimum atomic E-state index is -1.04. The van der Waals surface area contributed by atoms with E-state index in [4.69, 9.17) is 10.5 Å². The van der Waals surface area contributed by atoms with Crippen LogP contribution < -0.4 is 5.73 Å². The van der Waals surface area contributed by atoms with Gasteiger partial charge in [-0.3, -0.25) is 4.79 Å². The average Bonchev–Trinajstić information content (AvgIpc) is 2.93. The molecule has 2 aliphatic heterocycles. The van der Waals surface area contributed by atoms with E-state index in [0.29, 0.717) is 31.7 Å². The number of fused-ring (bicyclic) bond motifs is 1. The number of carbonyl (C=O) groups is 2. The average molecular weight is 294 g/mol. The molecule has 21 heavy (non-hydrogen) atoms. The molecular weight excluding hydrogens is 276 g/mol. The zero-order valence-electron chi connectivity index (χ0n) is 11.5. The Balaban J connectivity index is 1.88. The summed E-state index contributed by atoms with van der Waals surface area (Å²) in [5.41, 5.74) is 6.64. The maximum atomic E-state index is 12.8. The van der Waals surface area contributed by atoms with Crippen molar-refractivity contribution in [2.45, 2.75) is 37.4 Å². The van der Waals surface area contributed by atoms with Crippen molar-refractivity contribution in [1.82, 2.24) is 14.9 Å². The normalized spacial score (nSPS) is 24.4. The number of aliphatic carboxylic acids is 1. The van der Waals surface area contributed by atoms with Gasteiger partial charge in [-0.1, -0.05) is 0 Å². The smallest absolute Gasteiger partial charge is 0.326 e. The number of nitrogens with two attached hydrogens (primary N) is 1. The van der Waals surface area contributed by atoms with Crippen molar-refractivity contribution >= 4 is 11.9 Å². The fourth-order valence-corrected chi connectivity index (χ4v) is 2.91. The molecule has 8 nitrogen and oxygen atoms in total. The Labute approximate surface area is 121 Å². The Morgan fingerprint density at radius 2 is 2.19 bits per heavy atom. The van der Waals surface area contributed by atoms with E-state index in [1.165, 1.54) is 11.2 Å². The van der Waals surface area contributed by atoms with E-state index in [9.17, 15) is 14.7 Å². The van der Waals surface area contributed by atoms with Gasteiger partial charge in [-0.05, 0) is 12.8 Å². The molecule has 0 aromatic carbocycles. The largest absolute Gasteiger partial charge is 0.480 e. The summed E-state index contributed by atoms with van der Waals surface area (Å²) < 4.78 is 5.24. The summed E-state index contributed by atoms with van der Waals surface area (Å²) in [5, 5.41) is 9.41. The molecule has 0 aliphatic carbocycles. The highest BCUT2D eigenvalue weighted by Gasteiger charge is 2.44. The molecule has 1 unspecified atom stereocenters. The fourth-order valence-electron chi connectivity index (χ4n) is 2.91. The van der Waals surface area contributed by atoms with E-state index in [1.807, 2.05) is 0 Å². The molecule has 1 fully saturated rings. The highest BCUT2D eigenvalue weighted by Crippen LogP contribution is 2.27. The van der Waals surface area contributed by atoms with Gasteiger partial charge in [0.05, 0.1) is 29.8 Å². The first-order valence-corrected chi connectivity index (χ1v) is 6.93. The summed E-state index contributed by atoms with van der Waals surface area (Å²) in [5.74, 6) is -1.36. The molecule has 1 amide bonds. The number of ether oxygens (including phenoxy) is 1. The van der Waals surface area contributed by atoms with Crippen LogP contribution in [0.2, 0.25) is 0 Å². The van der Waals surface area contributed by atoms with Gasteiger partial charge in [0.25, 0.3) is 0 Å². The minimum absolute atomic E-state index is 0.199. The third-order valence-electron chi connectivity index (χ3n) is 4.26. The van der Waals surface area contributed by atoms with Crippen molar-refractivity contribution in [3.05, 3.63) is 17.7 Å². The zero-order valence-corrected chi connectivity index (χ0v) is 11.5. The number of amides is 1. The SMILES string of the molecule is NC1(C(=O)N2Cc3[nH]cnc3CC2C(=O)O)CCOCC1. The molecule has 1 saturated heterocycles. The van der Waals surface area contributed by atoms with E-state index in [0.717, 1.165) is 5.69 Å². The highest BCUT2D eigenvalue weighted by atomic mass is 16.5. The number of hydrogen-bond donors (Lipinski definition) is 3. The molecule has 3 rings (SSSR count). The lowest BCUT2D eigenvalue weighted by molar-refractivity contribution is -0.155. The molecular formula is C13H18N4O4. The number of nitrogens with one attached hydrogen (secondary N) is 1. The molecule has 1 atom stereocenters. The van der Waals surface area contributed by atoms with Crippen LogP contribution in [0.1, 0.15) is 24.2 Å². The molecule has 0 bridgehead atoms. The van der Waals surface area contributed by atoms with Crippen molar-refractivity contribution < 1.29 is 19.4 Å². The Kier molecular flexibility index (Phi) is 3.42. The number of carboxylic acids is 1. The first-order valence-electron chi connectivity index (χ1n) is 6.93. The van der Waals surface area contributed by atoms with E-state index in [-0.39, 0.29) is 18.9 Å². The Morgan fingerprint density at radius 3 is 2.86 bits per heavy atom. The topological polar surface area (TPSA) is 122 Å². The third kappa shape index (κ3) is 2.40. The van der Waals surface area contributed by atoms with Gasteiger partial charge in [-0.2, -0.15) is 0 Å². The lowest BCUT2D eigenvalue weighted by atomic mass is 9.88. The third-order valence-corrected chi connectivity index (χ3v) is 4.26. The number of hydrogen-bond acceptors (Lipinski definition) is 5. The maximum Gasteiger partial charge on any atom is 0.326 e. The van der Waals surface area contributed by atoms with Crippen LogP contribution in [-0.2, 0) is 27.3 Å². The number of aromatic amines is 1. The van der Waals surface area contributed by atoms with E-state index in [1.54, 1.807) is 0 Å². The molecule has 114 valence electrons. The van der Waals surface area contributed by atoms with Crippen LogP contribution in [0.3, 0.4) is 0 Å². The van der Waals surface area contributed by atoms with Gasteiger partial charge in [0.1, 0.15) is 6.04 Å². The van der Waals surface area contributed by atoms with Crippen molar-refractivity contribution in [2.75, 3.05) is 13.2 Å². The van der Waals surface area contributed by atoms with Crippen LogP contribution >= 0.6 is 0 Å². The zero-order chi connectivity index (χ0) is 15.0. The predicted molar refractivity (Wildman–Crippen MR) is 71.2 cm³/mol. The first kappa shape index (κ1) is 14.0. The van der Waals surface area contributed by atoms with Gasteiger partial charge < -0.3 is 25.5 Å². The lowest BCUT2D eigenvalue weighted by Crippen LogP contribution is -2.62. The molecule has 3 heterocycles. The van der Waals surface area contributed by atoms with Crippen molar-refractivity contribution in [3.8, 4) is 0 Å². The van der Waals surface area contributed by atoms with Crippen LogP contribution in [-0.4, -0.2) is 56.6 Å². The van der Waals surface area contributed by atoms with Crippen LogP contribution in [0.15, 0.2) is 6.33 Å². The summed E-state index contributed by atoms with van der Waals surface area (Å²) in [6, 6.07) is -0.920. The van der Waals surface area contributed by atoms with Gasteiger partial charge in [0, 0.05) is 19.6 Å². The van der Waals surface area contributed by atoms with E-state index in [2.05, 4.69) is 9.97 Å². The van der Waals surface area contributed by atoms with Gasteiger partial charge in [0.2, 0.25) is 5.91 Å². The molecule has 1 aromatic heterocycles. The van der Waals surface area contributed by atoms with Gasteiger partial charge >= 0.3 is 5.97 Å². The Hall–Kier alpha value is -1.93. The highest BCUT2D eigenvalue weighted by molar-refractivity contribution is 5.90. The standard InChI is InChI=1S/C13H18N4O4/c14-13(1-3-21-4-2-13)12(20)17-6-9-8(15-7-16-9)5-10(17)11(18)19/h7,10H,1-6,14H2,(H,15,16)(H,18,19).